The quantitative estimate of drug-likeness (QED) is 0.908. The molecule has 0 radical (unpaired) electrons. The number of nitrogens with one attached hydrogen (secondary N) is 1. The number of rotatable bonds is 4. The first-order chi connectivity index (χ1) is 9.40. The lowest BCUT2D eigenvalue weighted by Crippen LogP contribution is -2.26. The van der Waals surface area contributed by atoms with Gasteiger partial charge in [-0.15, -0.1) is 0 Å². The second-order valence-corrected chi connectivity index (χ2v) is 5.31. The minimum Gasteiger partial charge on any atom is -0.311 e. The predicted molar refractivity (Wildman–Crippen MR) is 77.3 cm³/mol. The SMILES string of the molecule is CNC(c1ccnn1-c1ccccc1)C1CCCC1. The van der Waals surface area contributed by atoms with Gasteiger partial charge in [-0.3, -0.25) is 0 Å². The van der Waals surface area contributed by atoms with Gasteiger partial charge in [0.05, 0.1) is 17.4 Å². The van der Waals surface area contributed by atoms with E-state index >= 15 is 0 Å². The van der Waals surface area contributed by atoms with Gasteiger partial charge in [0, 0.05) is 6.20 Å². The van der Waals surface area contributed by atoms with Crippen LogP contribution in [0.3, 0.4) is 0 Å². The van der Waals surface area contributed by atoms with Crippen LogP contribution in [0.2, 0.25) is 0 Å². The van der Waals surface area contributed by atoms with E-state index in [1.807, 2.05) is 12.3 Å². The fourth-order valence-electron chi connectivity index (χ4n) is 3.25. The van der Waals surface area contributed by atoms with Gasteiger partial charge < -0.3 is 5.32 Å². The van der Waals surface area contributed by atoms with E-state index in [-0.39, 0.29) is 0 Å². The average molecular weight is 255 g/mol. The van der Waals surface area contributed by atoms with E-state index in [0.29, 0.717) is 6.04 Å². The Kier molecular flexibility index (Phi) is 3.65. The number of para-hydroxylation sites is 1. The molecule has 1 aliphatic carbocycles. The summed E-state index contributed by atoms with van der Waals surface area (Å²) in [6, 6.07) is 12.9. The van der Waals surface area contributed by atoms with Gasteiger partial charge in [-0.1, -0.05) is 31.0 Å². The molecule has 100 valence electrons. The predicted octanol–water partition coefficient (Wildman–Crippen LogP) is 3.32. The van der Waals surface area contributed by atoms with E-state index < -0.39 is 0 Å². The molecule has 1 unspecified atom stereocenters. The molecule has 0 spiro atoms. The molecule has 3 heteroatoms. The lowest BCUT2D eigenvalue weighted by Gasteiger charge is -2.24. The van der Waals surface area contributed by atoms with Gasteiger partial charge >= 0.3 is 0 Å². The van der Waals surface area contributed by atoms with Crippen molar-refractivity contribution in [3.63, 3.8) is 0 Å². The summed E-state index contributed by atoms with van der Waals surface area (Å²) in [7, 11) is 2.06. The van der Waals surface area contributed by atoms with E-state index in [0.717, 1.165) is 11.6 Å². The smallest absolute Gasteiger partial charge is 0.0649 e. The Bertz CT molecular complexity index is 512. The summed E-state index contributed by atoms with van der Waals surface area (Å²) >= 11 is 0. The molecule has 0 bridgehead atoms. The number of hydrogen-bond acceptors (Lipinski definition) is 2. The van der Waals surface area contributed by atoms with Gasteiger partial charge in [0.2, 0.25) is 0 Å². The number of hydrogen-bond donors (Lipinski definition) is 1. The van der Waals surface area contributed by atoms with Crippen molar-refractivity contribution in [2.45, 2.75) is 31.7 Å². The zero-order valence-corrected chi connectivity index (χ0v) is 11.4. The third kappa shape index (κ3) is 2.43. The molecule has 1 aromatic heterocycles. The molecule has 0 aliphatic heterocycles. The van der Waals surface area contributed by atoms with Crippen LogP contribution in [0, 0.1) is 5.92 Å². The normalized spacial score (nSPS) is 17.7. The molecule has 0 amide bonds. The molecule has 1 atom stereocenters. The molecule has 3 nitrogen and oxygen atoms in total. The topological polar surface area (TPSA) is 29.9 Å². The Morgan fingerprint density at radius 2 is 1.89 bits per heavy atom. The number of nitrogens with zero attached hydrogens (tertiary/aromatic N) is 2. The van der Waals surface area contributed by atoms with Crippen molar-refractivity contribution in [3.05, 3.63) is 48.3 Å². The van der Waals surface area contributed by atoms with E-state index in [4.69, 9.17) is 0 Å². The first-order valence-corrected chi connectivity index (χ1v) is 7.17. The van der Waals surface area contributed by atoms with Crippen LogP contribution < -0.4 is 5.32 Å². The van der Waals surface area contributed by atoms with Crippen molar-refractivity contribution in [1.82, 2.24) is 15.1 Å². The second-order valence-electron chi connectivity index (χ2n) is 5.31. The zero-order chi connectivity index (χ0) is 13.1. The van der Waals surface area contributed by atoms with Crippen molar-refractivity contribution >= 4 is 0 Å². The third-order valence-electron chi connectivity index (χ3n) is 4.17. The zero-order valence-electron chi connectivity index (χ0n) is 11.4. The minimum atomic E-state index is 0.408. The van der Waals surface area contributed by atoms with E-state index in [1.54, 1.807) is 0 Å². The monoisotopic (exact) mass is 255 g/mol. The maximum Gasteiger partial charge on any atom is 0.0649 e. The van der Waals surface area contributed by atoms with Gasteiger partial charge in [-0.25, -0.2) is 4.68 Å². The number of aromatic nitrogens is 2. The van der Waals surface area contributed by atoms with Crippen LogP contribution in [0.1, 0.15) is 37.4 Å². The molecule has 1 aromatic carbocycles. The molecule has 0 saturated heterocycles. The first-order valence-electron chi connectivity index (χ1n) is 7.17. The van der Waals surface area contributed by atoms with Crippen LogP contribution in [0.15, 0.2) is 42.6 Å². The minimum absolute atomic E-state index is 0.408. The highest BCUT2D eigenvalue weighted by Gasteiger charge is 2.27. The van der Waals surface area contributed by atoms with Gasteiger partial charge in [0.15, 0.2) is 0 Å². The van der Waals surface area contributed by atoms with Crippen molar-refractivity contribution in [2.24, 2.45) is 5.92 Å². The molecule has 1 N–H and O–H groups in total. The molecule has 19 heavy (non-hydrogen) atoms. The highest BCUT2D eigenvalue weighted by molar-refractivity contribution is 5.33. The van der Waals surface area contributed by atoms with Gasteiger partial charge in [-0.05, 0) is 44.0 Å². The summed E-state index contributed by atoms with van der Waals surface area (Å²) in [4.78, 5) is 0. The Labute approximate surface area is 114 Å². The summed E-state index contributed by atoms with van der Waals surface area (Å²) in [5.41, 5.74) is 2.42. The fraction of sp³-hybridized carbons (Fsp3) is 0.438. The van der Waals surface area contributed by atoms with Crippen LogP contribution >= 0.6 is 0 Å². The van der Waals surface area contributed by atoms with Gasteiger partial charge in [0.1, 0.15) is 0 Å². The van der Waals surface area contributed by atoms with Crippen LogP contribution in [0.5, 0.6) is 0 Å². The van der Waals surface area contributed by atoms with Crippen molar-refractivity contribution < 1.29 is 0 Å². The molecule has 3 rings (SSSR count). The molecule has 1 saturated carbocycles. The molecular formula is C16H21N3. The molecule has 1 fully saturated rings. The van der Waals surface area contributed by atoms with Crippen LogP contribution in [0.4, 0.5) is 0 Å². The van der Waals surface area contributed by atoms with Gasteiger partial charge in [-0.2, -0.15) is 5.10 Å². The Hall–Kier alpha value is -1.61. The number of benzene rings is 1. The first kappa shape index (κ1) is 12.4. The summed E-state index contributed by atoms with van der Waals surface area (Å²) in [6.45, 7) is 0. The Morgan fingerprint density at radius 3 is 2.58 bits per heavy atom. The largest absolute Gasteiger partial charge is 0.311 e. The summed E-state index contributed by atoms with van der Waals surface area (Å²) in [5.74, 6) is 0.740. The molecule has 1 aliphatic rings. The van der Waals surface area contributed by atoms with Crippen molar-refractivity contribution in [3.8, 4) is 5.69 Å². The summed E-state index contributed by atoms with van der Waals surface area (Å²) < 4.78 is 2.07. The van der Waals surface area contributed by atoms with Crippen LogP contribution in [-0.2, 0) is 0 Å². The Morgan fingerprint density at radius 1 is 1.16 bits per heavy atom. The maximum atomic E-state index is 4.50. The average Bonchev–Trinajstić information content (AvgIpc) is 3.12. The standard InChI is InChI=1S/C16H21N3/c1-17-16(13-7-5-6-8-13)15-11-12-18-19(15)14-9-3-2-4-10-14/h2-4,9-13,16-17H,5-8H2,1H3. The fourth-order valence-corrected chi connectivity index (χ4v) is 3.25. The highest BCUT2D eigenvalue weighted by Crippen LogP contribution is 2.35. The molecular weight excluding hydrogens is 234 g/mol. The van der Waals surface area contributed by atoms with Crippen molar-refractivity contribution in [1.29, 1.82) is 0 Å². The van der Waals surface area contributed by atoms with Crippen LogP contribution in [0.25, 0.3) is 5.69 Å². The second kappa shape index (κ2) is 5.57. The van der Waals surface area contributed by atoms with Crippen LogP contribution in [-0.4, -0.2) is 16.8 Å². The third-order valence-corrected chi connectivity index (χ3v) is 4.17. The van der Waals surface area contributed by atoms with Gasteiger partial charge in [0.25, 0.3) is 0 Å². The lowest BCUT2D eigenvalue weighted by atomic mass is 9.95. The Balaban J connectivity index is 1.94. The van der Waals surface area contributed by atoms with Crippen molar-refractivity contribution in [2.75, 3.05) is 7.05 Å². The summed E-state index contributed by atoms with van der Waals surface area (Å²) in [6.07, 6.45) is 7.28. The lowest BCUT2D eigenvalue weighted by molar-refractivity contribution is 0.376. The highest BCUT2D eigenvalue weighted by atomic mass is 15.3. The van der Waals surface area contributed by atoms with E-state index in [1.165, 1.54) is 31.4 Å². The van der Waals surface area contributed by atoms with E-state index in [9.17, 15) is 0 Å². The molecule has 2 aromatic rings. The molecule has 1 heterocycles. The van der Waals surface area contributed by atoms with E-state index in [2.05, 4.69) is 52.5 Å². The maximum absolute atomic E-state index is 4.50. The summed E-state index contributed by atoms with van der Waals surface area (Å²) in [5, 5.41) is 8.00.